The van der Waals surface area contributed by atoms with Crippen molar-refractivity contribution in [1.29, 1.82) is 0 Å². The normalized spacial score (nSPS) is 41.7. The summed E-state index contributed by atoms with van der Waals surface area (Å²) in [5.41, 5.74) is 0. The SMILES string of the molecule is CC(=O)OC1C(OC2C(O)C(O)OC(C)C2NC(=O)CC(=O)O)OC(C)C(O)C1O. The maximum Gasteiger partial charge on any atom is 0.312 e. The van der Waals surface area contributed by atoms with Gasteiger partial charge in [0.25, 0.3) is 0 Å². The number of carbonyl (C=O) groups excluding carboxylic acids is 2. The molecule has 0 saturated carbocycles. The van der Waals surface area contributed by atoms with Crippen molar-refractivity contribution < 1.29 is 58.9 Å². The zero-order valence-corrected chi connectivity index (χ0v) is 16.6. The molecule has 2 aliphatic rings. The third kappa shape index (κ3) is 5.63. The highest BCUT2D eigenvalue weighted by Gasteiger charge is 2.51. The minimum Gasteiger partial charge on any atom is -0.481 e. The second-order valence-electron chi connectivity index (χ2n) is 7.25. The predicted octanol–water partition coefficient (Wildman–Crippen LogP) is -3.17. The van der Waals surface area contributed by atoms with Gasteiger partial charge in [0.1, 0.15) is 30.8 Å². The Morgan fingerprint density at radius 1 is 0.933 bits per heavy atom. The molecule has 10 atom stereocenters. The Morgan fingerprint density at radius 3 is 2.13 bits per heavy atom. The maximum atomic E-state index is 11.9. The van der Waals surface area contributed by atoms with E-state index in [-0.39, 0.29) is 0 Å². The first-order chi connectivity index (χ1) is 13.9. The zero-order valence-electron chi connectivity index (χ0n) is 16.6. The number of carboxylic acid groups (broad SMARTS) is 1. The van der Waals surface area contributed by atoms with Crippen LogP contribution in [0.4, 0.5) is 0 Å². The van der Waals surface area contributed by atoms with Crippen LogP contribution in [0, 0.1) is 0 Å². The molecular formula is C17H27NO12. The minimum atomic E-state index is -1.71. The molecule has 0 aromatic heterocycles. The van der Waals surface area contributed by atoms with Gasteiger partial charge in [-0.25, -0.2) is 0 Å². The summed E-state index contributed by atoms with van der Waals surface area (Å²) in [5, 5.41) is 51.7. The van der Waals surface area contributed by atoms with Gasteiger partial charge in [-0.2, -0.15) is 0 Å². The van der Waals surface area contributed by atoms with Crippen LogP contribution in [0.2, 0.25) is 0 Å². The highest BCUT2D eigenvalue weighted by Crippen LogP contribution is 2.30. The lowest BCUT2D eigenvalue weighted by molar-refractivity contribution is -0.338. The number of nitrogens with one attached hydrogen (secondary N) is 1. The fraction of sp³-hybridized carbons (Fsp3) is 0.824. The average Bonchev–Trinajstić information content (AvgIpc) is 2.63. The van der Waals surface area contributed by atoms with Crippen LogP contribution < -0.4 is 5.32 Å². The van der Waals surface area contributed by atoms with Gasteiger partial charge >= 0.3 is 11.9 Å². The lowest BCUT2D eigenvalue weighted by Crippen LogP contribution is -2.66. The van der Waals surface area contributed by atoms with E-state index < -0.39 is 85.6 Å². The van der Waals surface area contributed by atoms with E-state index in [9.17, 15) is 34.8 Å². The third-order valence-corrected chi connectivity index (χ3v) is 4.86. The highest BCUT2D eigenvalue weighted by molar-refractivity contribution is 5.93. The Bertz CT molecular complexity index is 644. The minimum absolute atomic E-state index is 0.801. The zero-order chi connectivity index (χ0) is 22.7. The van der Waals surface area contributed by atoms with E-state index in [4.69, 9.17) is 24.1 Å². The number of carboxylic acids is 1. The molecule has 0 aliphatic carbocycles. The van der Waals surface area contributed by atoms with Crippen LogP contribution in [0.25, 0.3) is 0 Å². The molecule has 2 saturated heterocycles. The van der Waals surface area contributed by atoms with Gasteiger partial charge in [0.05, 0.1) is 18.2 Å². The second kappa shape index (κ2) is 9.96. The number of esters is 1. The van der Waals surface area contributed by atoms with Crippen molar-refractivity contribution in [1.82, 2.24) is 5.32 Å². The first-order valence-corrected chi connectivity index (χ1v) is 9.29. The summed E-state index contributed by atoms with van der Waals surface area (Å²) in [6.07, 6.45) is -13.5. The molecule has 172 valence electrons. The van der Waals surface area contributed by atoms with Gasteiger partial charge in [-0.05, 0) is 13.8 Å². The lowest BCUT2D eigenvalue weighted by Gasteiger charge is -2.46. The first kappa shape index (κ1) is 24.4. The average molecular weight is 437 g/mol. The van der Waals surface area contributed by atoms with E-state index in [0.717, 1.165) is 6.92 Å². The van der Waals surface area contributed by atoms with Crippen molar-refractivity contribution in [2.24, 2.45) is 0 Å². The summed E-state index contributed by atoms with van der Waals surface area (Å²) >= 11 is 0. The van der Waals surface area contributed by atoms with E-state index in [1.54, 1.807) is 0 Å². The van der Waals surface area contributed by atoms with E-state index in [1.165, 1.54) is 13.8 Å². The van der Waals surface area contributed by atoms with Crippen molar-refractivity contribution >= 4 is 17.8 Å². The number of aliphatic carboxylic acids is 1. The number of amides is 1. The van der Waals surface area contributed by atoms with Crippen LogP contribution in [0.5, 0.6) is 0 Å². The molecule has 2 fully saturated rings. The highest BCUT2D eigenvalue weighted by atomic mass is 16.7. The molecule has 0 bridgehead atoms. The largest absolute Gasteiger partial charge is 0.481 e. The first-order valence-electron chi connectivity index (χ1n) is 9.29. The second-order valence-corrected chi connectivity index (χ2v) is 7.25. The van der Waals surface area contributed by atoms with Crippen LogP contribution >= 0.6 is 0 Å². The van der Waals surface area contributed by atoms with Crippen LogP contribution in [0.1, 0.15) is 27.2 Å². The smallest absolute Gasteiger partial charge is 0.312 e. The number of ether oxygens (including phenoxy) is 4. The molecule has 30 heavy (non-hydrogen) atoms. The predicted molar refractivity (Wildman–Crippen MR) is 93.5 cm³/mol. The molecule has 13 heteroatoms. The number of hydrogen-bond acceptors (Lipinski definition) is 11. The molecular weight excluding hydrogens is 410 g/mol. The number of rotatable bonds is 6. The van der Waals surface area contributed by atoms with Crippen LogP contribution in [0.3, 0.4) is 0 Å². The molecule has 0 aromatic carbocycles. The Kier molecular flexibility index (Phi) is 8.10. The molecule has 10 unspecified atom stereocenters. The fourth-order valence-corrected chi connectivity index (χ4v) is 3.35. The van der Waals surface area contributed by atoms with Gasteiger partial charge in [-0.3, -0.25) is 14.4 Å². The summed E-state index contributed by atoms with van der Waals surface area (Å²) < 4.78 is 21.3. The van der Waals surface area contributed by atoms with E-state index in [2.05, 4.69) is 5.32 Å². The molecule has 2 rings (SSSR count). The summed E-state index contributed by atoms with van der Waals surface area (Å²) in [6, 6.07) is -1.13. The topological polar surface area (TPSA) is 201 Å². The van der Waals surface area contributed by atoms with Gasteiger partial charge in [-0.15, -0.1) is 0 Å². The third-order valence-electron chi connectivity index (χ3n) is 4.86. The number of carbonyl (C=O) groups is 3. The Labute approximate surface area is 171 Å². The van der Waals surface area contributed by atoms with Crippen molar-refractivity contribution in [3.8, 4) is 0 Å². The van der Waals surface area contributed by atoms with Crippen LogP contribution in [0.15, 0.2) is 0 Å². The summed E-state index contributed by atoms with van der Waals surface area (Å²) in [5.74, 6) is -3.08. The van der Waals surface area contributed by atoms with E-state index in [0.29, 0.717) is 0 Å². The van der Waals surface area contributed by atoms with Crippen molar-refractivity contribution in [3.63, 3.8) is 0 Å². The Morgan fingerprint density at radius 2 is 1.57 bits per heavy atom. The van der Waals surface area contributed by atoms with E-state index >= 15 is 0 Å². The molecule has 0 aromatic rings. The van der Waals surface area contributed by atoms with Gasteiger partial charge in [0.2, 0.25) is 5.91 Å². The lowest BCUT2D eigenvalue weighted by atomic mass is 9.95. The number of hydrogen-bond donors (Lipinski definition) is 6. The van der Waals surface area contributed by atoms with Crippen molar-refractivity contribution in [2.45, 2.75) is 88.5 Å². The summed E-state index contributed by atoms with van der Waals surface area (Å²) in [4.78, 5) is 34.1. The summed E-state index contributed by atoms with van der Waals surface area (Å²) in [6.45, 7) is 3.94. The summed E-state index contributed by atoms with van der Waals surface area (Å²) in [7, 11) is 0. The van der Waals surface area contributed by atoms with Crippen molar-refractivity contribution in [3.05, 3.63) is 0 Å². The van der Waals surface area contributed by atoms with E-state index in [1.807, 2.05) is 0 Å². The Hall–Kier alpha value is -1.87. The van der Waals surface area contributed by atoms with Crippen molar-refractivity contribution in [2.75, 3.05) is 0 Å². The molecule has 2 aliphatic heterocycles. The monoisotopic (exact) mass is 437 g/mol. The fourth-order valence-electron chi connectivity index (χ4n) is 3.35. The standard InChI is InChI=1S/C17H27NO12/c1-5-10(18-8(20)4-9(21)22)14(13(25)16(26)27-5)30-17-15(29-7(3)19)12(24)11(23)6(2)28-17/h5-6,10-17,23-26H,4H2,1-3H3,(H,18,20)(H,21,22). The van der Waals surface area contributed by atoms with Crippen LogP contribution in [-0.4, -0.2) is 105 Å². The number of aliphatic hydroxyl groups excluding tert-OH is 4. The maximum absolute atomic E-state index is 11.9. The van der Waals surface area contributed by atoms with Gasteiger partial charge in [-0.1, -0.05) is 0 Å². The van der Waals surface area contributed by atoms with Gasteiger partial charge < -0.3 is 49.8 Å². The quantitative estimate of drug-likeness (QED) is 0.180. The molecule has 0 spiro atoms. The Balaban J connectivity index is 2.26. The van der Waals surface area contributed by atoms with Crippen LogP contribution in [-0.2, 0) is 33.3 Å². The molecule has 2 heterocycles. The number of aliphatic hydroxyl groups is 4. The molecule has 13 nitrogen and oxygen atoms in total. The van der Waals surface area contributed by atoms with Gasteiger partial charge in [0.15, 0.2) is 18.7 Å². The molecule has 1 amide bonds. The molecule has 0 radical (unpaired) electrons. The van der Waals surface area contributed by atoms with Gasteiger partial charge in [0, 0.05) is 6.92 Å². The molecule has 6 N–H and O–H groups in total.